The lowest BCUT2D eigenvalue weighted by Crippen LogP contribution is -2.53. The van der Waals surface area contributed by atoms with E-state index in [2.05, 4.69) is 20.8 Å². The number of piperazine rings is 1. The minimum atomic E-state index is -0.101. The van der Waals surface area contributed by atoms with Crippen molar-refractivity contribution >= 4 is 11.8 Å². The molecule has 1 saturated heterocycles. The third-order valence-electron chi connectivity index (χ3n) is 4.32. The Bertz CT molecular complexity index is 391. The first-order chi connectivity index (χ1) is 9.81. The average molecular weight is 295 g/mol. The van der Waals surface area contributed by atoms with Gasteiger partial charge in [-0.25, -0.2) is 0 Å². The molecule has 1 heterocycles. The minimum Gasteiger partial charge on any atom is -0.339 e. The molecule has 1 aliphatic heterocycles. The molecule has 21 heavy (non-hydrogen) atoms. The van der Waals surface area contributed by atoms with Crippen LogP contribution in [0.1, 0.15) is 40.0 Å². The summed E-state index contributed by atoms with van der Waals surface area (Å²) >= 11 is 0. The maximum Gasteiger partial charge on any atom is 0.227 e. The highest BCUT2D eigenvalue weighted by atomic mass is 16.2. The fourth-order valence-electron chi connectivity index (χ4n) is 3.00. The highest BCUT2D eigenvalue weighted by Gasteiger charge is 2.36. The number of hydrogen-bond acceptors (Lipinski definition) is 3. The molecular weight excluding hydrogens is 266 g/mol. The van der Waals surface area contributed by atoms with E-state index in [1.165, 1.54) is 0 Å². The van der Waals surface area contributed by atoms with E-state index < -0.39 is 0 Å². The monoisotopic (exact) mass is 295 g/mol. The van der Waals surface area contributed by atoms with Crippen LogP contribution in [0.5, 0.6) is 0 Å². The molecule has 2 aliphatic rings. The lowest BCUT2D eigenvalue weighted by molar-refractivity contribution is -0.143. The van der Waals surface area contributed by atoms with Gasteiger partial charge in [-0.15, -0.1) is 0 Å². The van der Waals surface area contributed by atoms with Crippen LogP contribution in [0.4, 0.5) is 0 Å². The third-order valence-corrected chi connectivity index (χ3v) is 4.32. The molecule has 120 valence electrons. The first-order valence-electron chi connectivity index (χ1n) is 8.09. The van der Waals surface area contributed by atoms with E-state index in [9.17, 15) is 9.59 Å². The van der Waals surface area contributed by atoms with Gasteiger partial charge in [-0.2, -0.15) is 0 Å². The van der Waals surface area contributed by atoms with Crippen molar-refractivity contribution < 1.29 is 9.59 Å². The van der Waals surface area contributed by atoms with Crippen molar-refractivity contribution in [3.05, 3.63) is 0 Å². The summed E-state index contributed by atoms with van der Waals surface area (Å²) in [6, 6.07) is 0. The van der Waals surface area contributed by atoms with Crippen molar-refractivity contribution in [1.29, 1.82) is 0 Å². The van der Waals surface area contributed by atoms with E-state index in [0.717, 1.165) is 19.3 Å². The van der Waals surface area contributed by atoms with Gasteiger partial charge in [0.2, 0.25) is 11.8 Å². The van der Waals surface area contributed by atoms with Gasteiger partial charge in [-0.1, -0.05) is 20.8 Å². The largest absolute Gasteiger partial charge is 0.339 e. The second-order valence-corrected chi connectivity index (χ2v) is 7.62. The van der Waals surface area contributed by atoms with Crippen molar-refractivity contribution in [1.82, 2.24) is 9.80 Å². The van der Waals surface area contributed by atoms with Crippen LogP contribution in [-0.4, -0.2) is 54.3 Å². The predicted octanol–water partition coefficient (Wildman–Crippen LogP) is 1.08. The van der Waals surface area contributed by atoms with Gasteiger partial charge in [0.15, 0.2) is 0 Å². The van der Waals surface area contributed by atoms with E-state index >= 15 is 0 Å². The Labute approximate surface area is 127 Å². The van der Waals surface area contributed by atoms with E-state index in [1.54, 1.807) is 0 Å². The van der Waals surface area contributed by atoms with Crippen LogP contribution in [0, 0.1) is 17.3 Å². The normalized spacial score (nSPS) is 21.3. The van der Waals surface area contributed by atoms with Gasteiger partial charge in [-0.3, -0.25) is 9.59 Å². The van der Waals surface area contributed by atoms with E-state index in [4.69, 9.17) is 5.73 Å². The van der Waals surface area contributed by atoms with Crippen LogP contribution in [0.15, 0.2) is 0 Å². The molecule has 0 aromatic rings. The zero-order valence-electron chi connectivity index (χ0n) is 13.6. The van der Waals surface area contributed by atoms with Gasteiger partial charge in [-0.05, 0) is 24.7 Å². The number of rotatable bonds is 4. The lowest BCUT2D eigenvalue weighted by Gasteiger charge is -2.37. The SMILES string of the molecule is CC(C)(C)CC(CN)C(=O)N1CCN(C(=O)C2CC2)CC1. The zero-order chi connectivity index (χ0) is 15.6. The van der Waals surface area contributed by atoms with Crippen LogP contribution >= 0.6 is 0 Å². The van der Waals surface area contributed by atoms with Crippen molar-refractivity contribution in [2.75, 3.05) is 32.7 Å². The smallest absolute Gasteiger partial charge is 0.227 e. The van der Waals surface area contributed by atoms with Crippen molar-refractivity contribution in [2.45, 2.75) is 40.0 Å². The number of nitrogens with zero attached hydrogens (tertiary/aromatic N) is 2. The van der Waals surface area contributed by atoms with Gasteiger partial charge < -0.3 is 15.5 Å². The first-order valence-corrected chi connectivity index (χ1v) is 8.09. The summed E-state index contributed by atoms with van der Waals surface area (Å²) in [6.45, 7) is 9.45. The highest BCUT2D eigenvalue weighted by Crippen LogP contribution is 2.31. The Balaban J connectivity index is 1.85. The molecule has 0 aromatic heterocycles. The maximum atomic E-state index is 12.6. The second-order valence-electron chi connectivity index (χ2n) is 7.62. The van der Waals surface area contributed by atoms with Crippen molar-refractivity contribution in [2.24, 2.45) is 23.0 Å². The molecule has 2 fully saturated rings. The summed E-state index contributed by atoms with van der Waals surface area (Å²) in [5, 5.41) is 0. The van der Waals surface area contributed by atoms with E-state index in [1.807, 2.05) is 9.80 Å². The summed E-state index contributed by atoms with van der Waals surface area (Å²) in [4.78, 5) is 28.4. The van der Waals surface area contributed by atoms with Gasteiger partial charge in [0.1, 0.15) is 0 Å². The maximum absolute atomic E-state index is 12.6. The molecule has 1 unspecified atom stereocenters. The molecule has 5 heteroatoms. The molecule has 0 spiro atoms. The third kappa shape index (κ3) is 4.43. The van der Waals surface area contributed by atoms with Crippen LogP contribution in [0.25, 0.3) is 0 Å². The van der Waals surface area contributed by atoms with Gasteiger partial charge in [0.05, 0.1) is 5.92 Å². The molecule has 2 N–H and O–H groups in total. The number of nitrogens with two attached hydrogens (primary N) is 1. The number of amides is 2. The van der Waals surface area contributed by atoms with Gasteiger partial charge in [0.25, 0.3) is 0 Å². The van der Waals surface area contributed by atoms with Crippen LogP contribution < -0.4 is 5.73 Å². The number of carbonyl (C=O) groups is 2. The number of hydrogen-bond donors (Lipinski definition) is 1. The molecule has 0 aromatic carbocycles. The van der Waals surface area contributed by atoms with Gasteiger partial charge >= 0.3 is 0 Å². The summed E-state index contributed by atoms with van der Waals surface area (Å²) in [7, 11) is 0. The zero-order valence-corrected chi connectivity index (χ0v) is 13.6. The Morgan fingerprint density at radius 3 is 2.05 bits per heavy atom. The molecule has 0 bridgehead atoms. The summed E-state index contributed by atoms with van der Waals surface area (Å²) < 4.78 is 0. The van der Waals surface area contributed by atoms with Gasteiger partial charge in [0, 0.05) is 38.6 Å². The Morgan fingerprint density at radius 2 is 1.62 bits per heavy atom. The van der Waals surface area contributed by atoms with E-state index in [0.29, 0.717) is 32.7 Å². The fourth-order valence-corrected chi connectivity index (χ4v) is 3.00. The Kier molecular flexibility index (Phi) is 4.91. The molecule has 5 nitrogen and oxygen atoms in total. The minimum absolute atomic E-state index is 0.101. The van der Waals surface area contributed by atoms with Crippen LogP contribution in [0.3, 0.4) is 0 Å². The molecule has 2 rings (SSSR count). The quantitative estimate of drug-likeness (QED) is 0.844. The summed E-state index contributed by atoms with van der Waals surface area (Å²) in [5.41, 5.74) is 5.90. The average Bonchev–Trinajstić information content (AvgIpc) is 3.27. The van der Waals surface area contributed by atoms with Crippen LogP contribution in [-0.2, 0) is 9.59 Å². The van der Waals surface area contributed by atoms with E-state index in [-0.39, 0.29) is 29.1 Å². The Morgan fingerprint density at radius 1 is 1.10 bits per heavy atom. The van der Waals surface area contributed by atoms with Crippen molar-refractivity contribution in [3.8, 4) is 0 Å². The van der Waals surface area contributed by atoms with Crippen molar-refractivity contribution in [3.63, 3.8) is 0 Å². The highest BCUT2D eigenvalue weighted by molar-refractivity contribution is 5.82. The molecule has 1 saturated carbocycles. The lowest BCUT2D eigenvalue weighted by atomic mass is 9.84. The topological polar surface area (TPSA) is 66.6 Å². The number of carbonyl (C=O) groups excluding carboxylic acids is 2. The molecule has 1 atom stereocenters. The first kappa shape index (κ1) is 16.3. The molecule has 0 radical (unpaired) electrons. The summed E-state index contributed by atoms with van der Waals surface area (Å²) in [6.07, 6.45) is 2.89. The Hall–Kier alpha value is -1.10. The molecule has 1 aliphatic carbocycles. The second kappa shape index (κ2) is 6.34. The summed E-state index contributed by atoms with van der Waals surface area (Å²) in [5.74, 6) is 0.610. The standard InChI is InChI=1S/C16H29N3O2/c1-16(2,3)10-13(11-17)15(21)19-8-6-18(7-9-19)14(20)12-4-5-12/h12-13H,4-11,17H2,1-3H3. The fraction of sp³-hybridized carbons (Fsp3) is 0.875. The van der Waals surface area contributed by atoms with Crippen LogP contribution in [0.2, 0.25) is 0 Å². The molecular formula is C16H29N3O2. The predicted molar refractivity (Wildman–Crippen MR) is 82.5 cm³/mol. The molecule has 2 amide bonds.